The Morgan fingerprint density at radius 1 is 1.40 bits per heavy atom. The lowest BCUT2D eigenvalue weighted by Gasteiger charge is -2.41. The summed E-state index contributed by atoms with van der Waals surface area (Å²) in [6, 6.07) is 5.41. The molecule has 1 aliphatic heterocycles. The molecule has 1 saturated heterocycles. The first-order chi connectivity index (χ1) is 11.8. The highest BCUT2D eigenvalue weighted by atomic mass is 16.6. The van der Waals surface area contributed by atoms with E-state index in [4.69, 9.17) is 19.2 Å². The molecule has 1 aliphatic rings. The molecule has 7 heteroatoms. The van der Waals surface area contributed by atoms with Crippen LogP contribution in [0.4, 0.5) is 4.79 Å². The molecule has 0 unspecified atom stereocenters. The lowest BCUT2D eigenvalue weighted by Crippen LogP contribution is -2.53. The van der Waals surface area contributed by atoms with Crippen LogP contribution in [0.15, 0.2) is 16.5 Å². The summed E-state index contributed by atoms with van der Waals surface area (Å²) in [5.41, 5.74) is -0.803. The second kappa shape index (κ2) is 7.89. The van der Waals surface area contributed by atoms with E-state index in [1.54, 1.807) is 24.1 Å². The van der Waals surface area contributed by atoms with Crippen molar-refractivity contribution in [2.45, 2.75) is 51.4 Å². The van der Waals surface area contributed by atoms with Crippen molar-refractivity contribution in [2.75, 3.05) is 26.7 Å². The topological polar surface area (TPSA) is 87.7 Å². The van der Waals surface area contributed by atoms with Crippen LogP contribution in [0.3, 0.4) is 0 Å². The number of ether oxygens (including phenoxy) is 2. The number of hydrogen-bond donors (Lipinski definition) is 1. The summed E-state index contributed by atoms with van der Waals surface area (Å²) in [6.07, 6.45) is 1.19. The molecule has 1 amide bonds. The standard InChI is InChI=1S/C18H27N3O4/c1-17(2,3)25-16(22)21-9-7-18(23-4,8-10-21)13-20-12-15-6-5-14(11-19)24-15/h5-6,20H,7-10,12-13H2,1-4H3. The predicted molar refractivity (Wildman–Crippen MR) is 91.9 cm³/mol. The Balaban J connectivity index is 1.82. The Bertz CT molecular complexity index is 619. The van der Waals surface area contributed by atoms with Crippen LogP contribution in [-0.2, 0) is 16.0 Å². The normalized spacial score (nSPS) is 17.2. The Kier molecular flexibility index (Phi) is 6.09. The second-order valence-electron chi connectivity index (χ2n) is 7.34. The van der Waals surface area contributed by atoms with Crippen molar-refractivity contribution in [1.82, 2.24) is 10.2 Å². The predicted octanol–water partition coefficient (Wildman–Crippen LogP) is 2.66. The van der Waals surface area contributed by atoms with Gasteiger partial charge in [0.1, 0.15) is 17.4 Å². The van der Waals surface area contributed by atoms with Gasteiger partial charge in [0.25, 0.3) is 0 Å². The van der Waals surface area contributed by atoms with Gasteiger partial charge in [-0.05, 0) is 45.7 Å². The van der Waals surface area contributed by atoms with Crippen molar-refractivity contribution < 1.29 is 18.7 Å². The van der Waals surface area contributed by atoms with Gasteiger partial charge in [-0.1, -0.05) is 0 Å². The number of likely N-dealkylation sites (tertiary alicyclic amines) is 1. The van der Waals surface area contributed by atoms with Crippen molar-refractivity contribution in [1.29, 1.82) is 5.26 Å². The number of amides is 1. The zero-order chi connectivity index (χ0) is 18.5. The Labute approximate surface area is 148 Å². The lowest BCUT2D eigenvalue weighted by atomic mass is 9.91. The van der Waals surface area contributed by atoms with E-state index >= 15 is 0 Å². The van der Waals surface area contributed by atoms with Crippen LogP contribution in [0.5, 0.6) is 0 Å². The first-order valence-electron chi connectivity index (χ1n) is 8.49. The molecule has 1 N–H and O–H groups in total. The smallest absolute Gasteiger partial charge is 0.410 e. The molecule has 0 radical (unpaired) electrons. The molecule has 2 heterocycles. The van der Waals surface area contributed by atoms with E-state index in [1.165, 1.54) is 0 Å². The van der Waals surface area contributed by atoms with Gasteiger partial charge in [-0.2, -0.15) is 5.26 Å². The highest BCUT2D eigenvalue weighted by Gasteiger charge is 2.37. The van der Waals surface area contributed by atoms with E-state index in [9.17, 15) is 4.79 Å². The number of nitrogens with zero attached hydrogens (tertiary/aromatic N) is 2. The molecule has 2 rings (SSSR count). The summed E-state index contributed by atoms with van der Waals surface area (Å²) < 4.78 is 16.5. The highest BCUT2D eigenvalue weighted by molar-refractivity contribution is 5.68. The van der Waals surface area contributed by atoms with Gasteiger partial charge in [0, 0.05) is 26.7 Å². The van der Waals surface area contributed by atoms with Crippen molar-refractivity contribution in [3.63, 3.8) is 0 Å². The highest BCUT2D eigenvalue weighted by Crippen LogP contribution is 2.26. The van der Waals surface area contributed by atoms with Crippen LogP contribution in [0.25, 0.3) is 0 Å². The Hall–Kier alpha value is -2.04. The summed E-state index contributed by atoms with van der Waals surface area (Å²) in [7, 11) is 1.70. The number of nitrogens with one attached hydrogen (secondary N) is 1. The Morgan fingerprint density at radius 2 is 2.08 bits per heavy atom. The maximum atomic E-state index is 12.2. The molecule has 0 atom stereocenters. The Morgan fingerprint density at radius 3 is 2.60 bits per heavy atom. The number of nitriles is 1. The fraction of sp³-hybridized carbons (Fsp3) is 0.667. The maximum absolute atomic E-state index is 12.2. The molecular weight excluding hydrogens is 322 g/mol. The monoisotopic (exact) mass is 349 g/mol. The fourth-order valence-corrected chi connectivity index (χ4v) is 2.82. The lowest BCUT2D eigenvalue weighted by molar-refractivity contribution is -0.0589. The van der Waals surface area contributed by atoms with E-state index in [2.05, 4.69) is 5.32 Å². The molecule has 0 bridgehead atoms. The number of hydrogen-bond acceptors (Lipinski definition) is 6. The summed E-state index contributed by atoms with van der Waals surface area (Å²) in [5, 5.41) is 12.1. The first kappa shape index (κ1) is 19.3. The van der Waals surface area contributed by atoms with E-state index < -0.39 is 5.60 Å². The molecule has 0 aliphatic carbocycles. The van der Waals surface area contributed by atoms with Crippen LogP contribution >= 0.6 is 0 Å². The average molecular weight is 349 g/mol. The number of carbonyl (C=O) groups excluding carboxylic acids is 1. The second-order valence-corrected chi connectivity index (χ2v) is 7.34. The van der Waals surface area contributed by atoms with Crippen molar-refractivity contribution in [3.8, 4) is 6.07 Å². The van der Waals surface area contributed by atoms with Gasteiger partial charge in [0.15, 0.2) is 0 Å². The summed E-state index contributed by atoms with van der Waals surface area (Å²) in [5.74, 6) is 1.03. The van der Waals surface area contributed by atoms with Crippen molar-refractivity contribution in [2.24, 2.45) is 0 Å². The summed E-state index contributed by atoms with van der Waals surface area (Å²) in [4.78, 5) is 13.9. The number of carbonyl (C=O) groups is 1. The van der Waals surface area contributed by atoms with E-state index in [0.29, 0.717) is 37.7 Å². The summed E-state index contributed by atoms with van der Waals surface area (Å²) >= 11 is 0. The molecule has 138 valence electrons. The van der Waals surface area contributed by atoms with Gasteiger partial charge in [-0.25, -0.2) is 4.79 Å². The third kappa shape index (κ3) is 5.48. The zero-order valence-electron chi connectivity index (χ0n) is 15.4. The molecule has 25 heavy (non-hydrogen) atoms. The van der Waals surface area contributed by atoms with E-state index in [1.807, 2.05) is 26.8 Å². The molecule has 0 saturated carbocycles. The van der Waals surface area contributed by atoms with Gasteiger partial charge in [0.2, 0.25) is 5.76 Å². The van der Waals surface area contributed by atoms with Crippen LogP contribution in [0, 0.1) is 11.3 Å². The van der Waals surface area contributed by atoms with Crippen LogP contribution in [0.2, 0.25) is 0 Å². The van der Waals surface area contributed by atoms with Gasteiger partial charge in [-0.15, -0.1) is 0 Å². The van der Waals surface area contributed by atoms with E-state index in [-0.39, 0.29) is 11.7 Å². The molecule has 1 aromatic rings. The third-order valence-corrected chi connectivity index (χ3v) is 4.28. The van der Waals surface area contributed by atoms with Crippen LogP contribution in [0.1, 0.15) is 45.1 Å². The van der Waals surface area contributed by atoms with Crippen LogP contribution < -0.4 is 5.32 Å². The first-order valence-corrected chi connectivity index (χ1v) is 8.49. The minimum Gasteiger partial charge on any atom is -0.449 e. The van der Waals surface area contributed by atoms with E-state index in [0.717, 1.165) is 12.8 Å². The zero-order valence-corrected chi connectivity index (χ0v) is 15.4. The van der Waals surface area contributed by atoms with Gasteiger partial charge < -0.3 is 24.1 Å². The minimum absolute atomic E-state index is 0.273. The maximum Gasteiger partial charge on any atom is 0.410 e. The van der Waals surface area contributed by atoms with Gasteiger partial charge >= 0.3 is 6.09 Å². The van der Waals surface area contributed by atoms with Gasteiger partial charge in [-0.3, -0.25) is 0 Å². The molecular formula is C18H27N3O4. The van der Waals surface area contributed by atoms with Gasteiger partial charge in [0.05, 0.1) is 12.1 Å². The minimum atomic E-state index is -0.486. The van der Waals surface area contributed by atoms with Crippen molar-refractivity contribution >= 4 is 6.09 Å². The summed E-state index contributed by atoms with van der Waals surface area (Å²) in [6.45, 7) is 7.98. The van der Waals surface area contributed by atoms with Crippen molar-refractivity contribution in [3.05, 3.63) is 23.7 Å². The number of furan rings is 1. The molecule has 1 aromatic heterocycles. The largest absolute Gasteiger partial charge is 0.449 e. The quantitative estimate of drug-likeness (QED) is 0.879. The molecule has 0 spiro atoms. The fourth-order valence-electron chi connectivity index (χ4n) is 2.82. The number of methoxy groups -OCH3 is 1. The molecule has 7 nitrogen and oxygen atoms in total. The third-order valence-electron chi connectivity index (χ3n) is 4.28. The van der Waals surface area contributed by atoms with Crippen LogP contribution in [-0.4, -0.2) is 48.9 Å². The average Bonchev–Trinajstić information content (AvgIpc) is 3.02. The SMILES string of the molecule is COC1(CNCc2ccc(C#N)o2)CCN(C(=O)OC(C)(C)C)CC1. The molecule has 0 aromatic carbocycles. The molecule has 1 fully saturated rings. The number of piperidine rings is 1. The number of rotatable bonds is 5.